The Labute approximate surface area is 144 Å². The molecule has 0 spiro atoms. The quantitative estimate of drug-likeness (QED) is 0.486. The molecule has 0 radical (unpaired) electrons. The van der Waals surface area contributed by atoms with Gasteiger partial charge in [0.2, 0.25) is 0 Å². The van der Waals surface area contributed by atoms with Crippen LogP contribution in [0.15, 0.2) is 48.8 Å². The molecule has 0 saturated heterocycles. The minimum Gasteiger partial charge on any atom is -0.478 e. The van der Waals surface area contributed by atoms with Crippen molar-refractivity contribution in [2.45, 2.75) is 6.36 Å². The van der Waals surface area contributed by atoms with Crippen molar-refractivity contribution in [1.29, 1.82) is 0 Å². The molecule has 0 saturated carbocycles. The largest absolute Gasteiger partial charge is 0.573 e. The van der Waals surface area contributed by atoms with Crippen LogP contribution in [0.2, 0.25) is 0 Å². The molecule has 0 fully saturated rings. The predicted octanol–water partition coefficient (Wildman–Crippen LogP) is 4.91. The SMILES string of the molecule is O=C(O)c1ccc2[nH]cc(-c3c[nH]c4ccc(OC(F)(F)F)cc34)c2c1. The first-order valence-corrected chi connectivity index (χ1v) is 7.53. The number of aromatic nitrogens is 2. The van der Waals surface area contributed by atoms with Crippen LogP contribution < -0.4 is 4.74 Å². The van der Waals surface area contributed by atoms with Crippen LogP contribution in [0.25, 0.3) is 32.9 Å². The van der Waals surface area contributed by atoms with Crippen molar-refractivity contribution in [2.24, 2.45) is 0 Å². The van der Waals surface area contributed by atoms with E-state index in [1.807, 2.05) is 0 Å². The maximum absolute atomic E-state index is 12.5. The molecule has 0 bridgehead atoms. The van der Waals surface area contributed by atoms with Gasteiger partial charge in [-0.1, -0.05) is 0 Å². The molecule has 26 heavy (non-hydrogen) atoms. The number of fused-ring (bicyclic) bond motifs is 2. The van der Waals surface area contributed by atoms with E-state index in [0.29, 0.717) is 27.4 Å². The van der Waals surface area contributed by atoms with Crippen LogP contribution in [-0.4, -0.2) is 27.4 Å². The van der Waals surface area contributed by atoms with E-state index in [9.17, 15) is 23.1 Å². The third kappa shape index (κ3) is 2.75. The smallest absolute Gasteiger partial charge is 0.478 e. The van der Waals surface area contributed by atoms with Crippen molar-refractivity contribution in [3.8, 4) is 16.9 Å². The van der Waals surface area contributed by atoms with Gasteiger partial charge in [-0.2, -0.15) is 0 Å². The van der Waals surface area contributed by atoms with Gasteiger partial charge in [-0.15, -0.1) is 13.2 Å². The molecule has 0 unspecified atom stereocenters. The number of carboxylic acid groups (broad SMARTS) is 1. The average Bonchev–Trinajstić information content (AvgIpc) is 3.15. The van der Waals surface area contributed by atoms with Crippen LogP contribution in [0, 0.1) is 0 Å². The molecule has 2 heterocycles. The summed E-state index contributed by atoms with van der Waals surface area (Å²) in [6, 6.07) is 8.68. The number of carboxylic acids is 1. The Morgan fingerprint density at radius 2 is 1.50 bits per heavy atom. The lowest BCUT2D eigenvalue weighted by atomic mass is 10.0. The molecule has 0 aliphatic carbocycles. The van der Waals surface area contributed by atoms with Crippen LogP contribution >= 0.6 is 0 Å². The minimum atomic E-state index is -4.78. The molecule has 4 rings (SSSR count). The summed E-state index contributed by atoms with van der Waals surface area (Å²) in [4.78, 5) is 17.3. The summed E-state index contributed by atoms with van der Waals surface area (Å²) in [6.07, 6.45) is -1.42. The number of hydrogen-bond donors (Lipinski definition) is 3. The monoisotopic (exact) mass is 360 g/mol. The fourth-order valence-electron chi connectivity index (χ4n) is 3.00. The van der Waals surface area contributed by atoms with Crippen LogP contribution in [-0.2, 0) is 0 Å². The van der Waals surface area contributed by atoms with Crippen molar-refractivity contribution < 1.29 is 27.8 Å². The number of carbonyl (C=O) groups is 1. The molecule has 2 aromatic heterocycles. The number of H-pyrrole nitrogens is 2. The van der Waals surface area contributed by atoms with Gasteiger partial charge < -0.3 is 19.8 Å². The first kappa shape index (κ1) is 16.1. The van der Waals surface area contributed by atoms with E-state index in [0.717, 1.165) is 5.52 Å². The second kappa shape index (κ2) is 5.55. The number of benzene rings is 2. The maximum atomic E-state index is 12.5. The van der Waals surface area contributed by atoms with Gasteiger partial charge in [0.1, 0.15) is 5.75 Å². The Hall–Kier alpha value is -3.42. The molecule has 3 N–H and O–H groups in total. The molecule has 4 aromatic rings. The van der Waals surface area contributed by atoms with E-state index in [4.69, 9.17) is 0 Å². The molecular weight excluding hydrogens is 349 g/mol. The summed E-state index contributed by atoms with van der Waals surface area (Å²) >= 11 is 0. The van der Waals surface area contributed by atoms with E-state index in [1.165, 1.54) is 30.3 Å². The van der Waals surface area contributed by atoms with Crippen LogP contribution in [0.4, 0.5) is 13.2 Å². The highest BCUT2D eigenvalue weighted by Gasteiger charge is 2.31. The Balaban J connectivity index is 1.88. The normalized spacial score (nSPS) is 12.0. The topological polar surface area (TPSA) is 78.1 Å². The molecule has 8 heteroatoms. The summed E-state index contributed by atoms with van der Waals surface area (Å²) in [5, 5.41) is 10.4. The lowest BCUT2D eigenvalue weighted by Crippen LogP contribution is -2.16. The summed E-state index contributed by atoms with van der Waals surface area (Å²) in [7, 11) is 0. The maximum Gasteiger partial charge on any atom is 0.573 e. The van der Waals surface area contributed by atoms with Crippen molar-refractivity contribution >= 4 is 27.8 Å². The Morgan fingerprint density at radius 1 is 0.923 bits per heavy atom. The zero-order valence-electron chi connectivity index (χ0n) is 13.0. The number of alkyl halides is 3. The second-order valence-corrected chi connectivity index (χ2v) is 5.73. The number of rotatable bonds is 3. The van der Waals surface area contributed by atoms with Crippen molar-refractivity contribution in [1.82, 2.24) is 9.97 Å². The summed E-state index contributed by atoms with van der Waals surface area (Å²) in [5.74, 6) is -1.38. The van der Waals surface area contributed by atoms with Gasteiger partial charge in [-0.25, -0.2) is 4.79 Å². The van der Waals surface area contributed by atoms with Crippen molar-refractivity contribution in [2.75, 3.05) is 0 Å². The van der Waals surface area contributed by atoms with Crippen LogP contribution in [0.5, 0.6) is 5.75 Å². The molecule has 5 nitrogen and oxygen atoms in total. The van der Waals surface area contributed by atoms with Gasteiger partial charge in [0.25, 0.3) is 0 Å². The zero-order chi connectivity index (χ0) is 18.5. The number of nitrogens with one attached hydrogen (secondary N) is 2. The minimum absolute atomic E-state index is 0.124. The van der Waals surface area contributed by atoms with E-state index < -0.39 is 12.3 Å². The van der Waals surface area contributed by atoms with Gasteiger partial charge in [-0.3, -0.25) is 0 Å². The van der Waals surface area contributed by atoms with Crippen LogP contribution in [0.3, 0.4) is 0 Å². The number of aromatic carboxylic acids is 1. The third-order valence-corrected chi connectivity index (χ3v) is 4.11. The summed E-state index contributed by atoms with van der Waals surface area (Å²) < 4.78 is 41.4. The fourth-order valence-corrected chi connectivity index (χ4v) is 3.00. The lowest BCUT2D eigenvalue weighted by Gasteiger charge is -2.09. The Morgan fingerprint density at radius 3 is 2.08 bits per heavy atom. The second-order valence-electron chi connectivity index (χ2n) is 5.73. The highest BCUT2D eigenvalue weighted by molar-refractivity contribution is 6.06. The molecule has 0 atom stereocenters. The molecule has 0 aliphatic rings. The van der Waals surface area contributed by atoms with Gasteiger partial charge in [0.05, 0.1) is 5.56 Å². The average molecular weight is 360 g/mol. The van der Waals surface area contributed by atoms with Gasteiger partial charge in [-0.05, 0) is 36.4 Å². The standard InChI is InChI=1S/C18H11F3N2O3/c19-18(20,21)26-10-2-4-16-12(6-10)14(8-23-16)13-7-22-15-3-1-9(17(24)25)5-11(13)15/h1-8,22-23H,(H,24,25). The first-order chi connectivity index (χ1) is 12.3. The van der Waals surface area contributed by atoms with Gasteiger partial charge in [0.15, 0.2) is 0 Å². The van der Waals surface area contributed by atoms with E-state index in [2.05, 4.69) is 14.7 Å². The molecular formula is C18H11F3N2O3. The number of ether oxygens (including phenoxy) is 1. The highest BCUT2D eigenvalue weighted by Crippen LogP contribution is 2.36. The van der Waals surface area contributed by atoms with Crippen molar-refractivity contribution in [3.63, 3.8) is 0 Å². The predicted molar refractivity (Wildman–Crippen MR) is 89.2 cm³/mol. The van der Waals surface area contributed by atoms with Gasteiger partial charge >= 0.3 is 12.3 Å². The van der Waals surface area contributed by atoms with Crippen molar-refractivity contribution in [3.05, 3.63) is 54.4 Å². The Kier molecular flexibility index (Phi) is 3.43. The van der Waals surface area contributed by atoms with Gasteiger partial charge in [0, 0.05) is 45.3 Å². The molecule has 0 amide bonds. The third-order valence-electron chi connectivity index (χ3n) is 4.11. The summed E-state index contributed by atoms with van der Waals surface area (Å²) in [6.45, 7) is 0. The van der Waals surface area contributed by atoms with E-state index in [1.54, 1.807) is 18.5 Å². The fraction of sp³-hybridized carbons (Fsp3) is 0.0556. The summed E-state index contributed by atoms with van der Waals surface area (Å²) in [5.41, 5.74) is 2.81. The number of aromatic amines is 2. The first-order valence-electron chi connectivity index (χ1n) is 7.53. The molecule has 2 aromatic carbocycles. The zero-order valence-corrected chi connectivity index (χ0v) is 13.0. The highest BCUT2D eigenvalue weighted by atomic mass is 19.4. The number of hydrogen-bond acceptors (Lipinski definition) is 2. The van der Waals surface area contributed by atoms with Crippen LogP contribution in [0.1, 0.15) is 10.4 Å². The Bertz CT molecular complexity index is 1140. The molecule has 0 aliphatic heterocycles. The molecule has 132 valence electrons. The van der Waals surface area contributed by atoms with E-state index >= 15 is 0 Å². The lowest BCUT2D eigenvalue weighted by molar-refractivity contribution is -0.274. The number of halogens is 3. The van der Waals surface area contributed by atoms with E-state index in [-0.39, 0.29) is 11.3 Å².